The van der Waals surface area contributed by atoms with Crippen LogP contribution in [0.4, 0.5) is 0 Å². The van der Waals surface area contributed by atoms with Crippen molar-refractivity contribution in [3.8, 4) is 11.1 Å². The second kappa shape index (κ2) is 9.03. The molecule has 2 aromatic rings. The van der Waals surface area contributed by atoms with E-state index in [2.05, 4.69) is 71.4 Å². The molecule has 0 heterocycles. The third kappa shape index (κ3) is 3.87. The van der Waals surface area contributed by atoms with Crippen LogP contribution in [-0.4, -0.2) is 5.33 Å². The van der Waals surface area contributed by atoms with Gasteiger partial charge in [0.15, 0.2) is 0 Å². The van der Waals surface area contributed by atoms with Gasteiger partial charge in [-0.2, -0.15) is 0 Å². The Morgan fingerprint density at radius 3 is 1.80 bits per heavy atom. The Hall–Kier alpha value is -1.08. The number of hydrogen-bond acceptors (Lipinski definition) is 0. The summed E-state index contributed by atoms with van der Waals surface area (Å²) in [5.74, 6) is 0. The molecule has 0 radical (unpaired) electrons. The van der Waals surface area contributed by atoms with Crippen LogP contribution in [0.25, 0.3) is 11.1 Å². The van der Waals surface area contributed by atoms with Gasteiger partial charge in [-0.25, -0.2) is 0 Å². The van der Waals surface area contributed by atoms with Crippen molar-refractivity contribution >= 4 is 15.9 Å². The van der Waals surface area contributed by atoms with Gasteiger partial charge in [0.1, 0.15) is 0 Å². The Bertz CT molecular complexity index is 628. The van der Waals surface area contributed by atoms with E-state index < -0.39 is 0 Å². The first-order chi connectivity index (χ1) is 12.3. The minimum atomic E-state index is 0.228. The van der Waals surface area contributed by atoms with Crippen LogP contribution < -0.4 is 0 Å². The van der Waals surface area contributed by atoms with E-state index >= 15 is 0 Å². The molecule has 25 heavy (non-hydrogen) atoms. The fraction of sp³-hybridized carbons (Fsp3) is 0.500. The highest BCUT2D eigenvalue weighted by Gasteiger charge is 2.41. The van der Waals surface area contributed by atoms with Gasteiger partial charge in [-0.05, 0) is 41.5 Å². The number of hydrogen-bond donors (Lipinski definition) is 0. The summed E-state index contributed by atoms with van der Waals surface area (Å²) in [5, 5.41) is 1.09. The van der Waals surface area contributed by atoms with E-state index in [0.717, 1.165) is 5.33 Å². The van der Waals surface area contributed by atoms with E-state index in [1.165, 1.54) is 68.9 Å². The molecule has 0 bridgehead atoms. The molecule has 0 fully saturated rings. The summed E-state index contributed by atoms with van der Waals surface area (Å²) in [7, 11) is 0. The Kier molecular flexibility index (Phi) is 6.76. The lowest BCUT2D eigenvalue weighted by molar-refractivity contribution is 0.416. The van der Waals surface area contributed by atoms with Crippen LogP contribution in [0.3, 0.4) is 0 Å². The minimum Gasteiger partial charge on any atom is -0.0928 e. The quantitative estimate of drug-likeness (QED) is 0.282. The molecule has 0 unspecified atom stereocenters. The molecule has 134 valence electrons. The summed E-state index contributed by atoms with van der Waals surface area (Å²) in [6.07, 6.45) is 12.0. The Balaban J connectivity index is 1.86. The molecule has 0 nitrogen and oxygen atoms in total. The van der Waals surface area contributed by atoms with Crippen LogP contribution in [-0.2, 0) is 5.41 Å². The third-order valence-corrected chi connectivity index (χ3v) is 6.43. The highest BCUT2D eigenvalue weighted by molar-refractivity contribution is 9.09. The molecule has 1 heteroatoms. The Morgan fingerprint density at radius 2 is 1.20 bits per heavy atom. The zero-order valence-corrected chi connectivity index (χ0v) is 17.2. The maximum atomic E-state index is 3.67. The smallest absolute Gasteiger partial charge is 0.0215 e. The Labute approximate surface area is 162 Å². The summed E-state index contributed by atoms with van der Waals surface area (Å²) < 4.78 is 0. The molecular weight excluding hydrogens is 368 g/mol. The molecule has 0 amide bonds. The topological polar surface area (TPSA) is 0 Å². The first-order valence-corrected chi connectivity index (χ1v) is 11.2. The van der Waals surface area contributed by atoms with E-state index in [0.29, 0.717) is 0 Å². The van der Waals surface area contributed by atoms with Crippen molar-refractivity contribution in [1.29, 1.82) is 0 Å². The van der Waals surface area contributed by atoms with Crippen molar-refractivity contribution in [1.82, 2.24) is 0 Å². The van der Waals surface area contributed by atoms with Crippen LogP contribution in [0.5, 0.6) is 0 Å². The summed E-state index contributed by atoms with van der Waals surface area (Å²) >= 11 is 3.67. The number of halogens is 1. The first kappa shape index (κ1) is 18.7. The molecule has 0 N–H and O–H groups in total. The van der Waals surface area contributed by atoms with Crippen molar-refractivity contribution in [3.05, 3.63) is 59.7 Å². The van der Waals surface area contributed by atoms with Gasteiger partial charge >= 0.3 is 0 Å². The van der Waals surface area contributed by atoms with E-state index in [-0.39, 0.29) is 5.41 Å². The fourth-order valence-corrected chi connectivity index (χ4v) is 4.94. The van der Waals surface area contributed by atoms with E-state index in [9.17, 15) is 0 Å². The van der Waals surface area contributed by atoms with Gasteiger partial charge in [0.2, 0.25) is 0 Å². The van der Waals surface area contributed by atoms with Gasteiger partial charge in [-0.1, -0.05) is 110 Å². The lowest BCUT2D eigenvalue weighted by atomic mass is 9.71. The summed E-state index contributed by atoms with van der Waals surface area (Å²) in [4.78, 5) is 0. The van der Waals surface area contributed by atoms with E-state index in [1.807, 2.05) is 0 Å². The van der Waals surface area contributed by atoms with Crippen LogP contribution in [0.2, 0.25) is 0 Å². The molecule has 0 saturated carbocycles. The average molecular weight is 399 g/mol. The predicted molar refractivity (Wildman–Crippen MR) is 114 cm³/mol. The number of rotatable bonds is 10. The van der Waals surface area contributed by atoms with E-state index in [1.54, 1.807) is 11.1 Å². The largest absolute Gasteiger partial charge is 0.0928 e. The summed E-state index contributed by atoms with van der Waals surface area (Å²) in [6.45, 7) is 2.29. The normalized spacial score (nSPS) is 14.3. The van der Waals surface area contributed by atoms with Crippen LogP contribution in [0, 0.1) is 0 Å². The first-order valence-electron chi connectivity index (χ1n) is 10.1. The second-order valence-electron chi connectivity index (χ2n) is 7.48. The van der Waals surface area contributed by atoms with Gasteiger partial charge in [0.05, 0.1) is 0 Å². The van der Waals surface area contributed by atoms with Gasteiger partial charge in [-0.3, -0.25) is 0 Å². The number of benzene rings is 2. The van der Waals surface area contributed by atoms with E-state index in [4.69, 9.17) is 0 Å². The predicted octanol–water partition coefficient (Wildman–Crippen LogP) is 7.88. The third-order valence-electron chi connectivity index (χ3n) is 5.87. The molecule has 0 aliphatic heterocycles. The molecule has 1 aliphatic rings. The van der Waals surface area contributed by atoms with Crippen molar-refractivity contribution in [2.75, 3.05) is 5.33 Å². The highest BCUT2D eigenvalue weighted by atomic mass is 79.9. The lowest BCUT2D eigenvalue weighted by Gasteiger charge is -2.32. The molecular formula is C24H31Br. The van der Waals surface area contributed by atoms with Gasteiger partial charge in [-0.15, -0.1) is 0 Å². The fourth-order valence-electron chi connectivity index (χ4n) is 4.66. The number of unbranched alkanes of at least 4 members (excludes halogenated alkanes) is 5. The van der Waals surface area contributed by atoms with Crippen molar-refractivity contribution in [2.45, 2.75) is 70.1 Å². The molecule has 0 atom stereocenters. The maximum Gasteiger partial charge on any atom is 0.0215 e. The molecule has 0 spiro atoms. The van der Waals surface area contributed by atoms with Crippen LogP contribution in [0.15, 0.2) is 48.5 Å². The van der Waals surface area contributed by atoms with Crippen molar-refractivity contribution in [3.63, 3.8) is 0 Å². The number of fused-ring (bicyclic) bond motifs is 3. The standard InChI is InChI=1S/C24H31Br/c1-2-3-4-5-6-11-17-24(18-12-19-25)22-15-9-7-13-20(22)21-14-8-10-16-23(21)24/h7-10,13-16H,2-6,11-12,17-19H2,1H3. The zero-order valence-electron chi connectivity index (χ0n) is 15.6. The molecule has 1 aliphatic carbocycles. The molecule has 0 aromatic heterocycles. The van der Waals surface area contributed by atoms with Gasteiger partial charge in [0.25, 0.3) is 0 Å². The molecule has 0 saturated heterocycles. The second-order valence-corrected chi connectivity index (χ2v) is 8.28. The van der Waals surface area contributed by atoms with Gasteiger partial charge in [0, 0.05) is 10.7 Å². The minimum absolute atomic E-state index is 0.228. The summed E-state index contributed by atoms with van der Waals surface area (Å²) in [5.41, 5.74) is 6.32. The highest BCUT2D eigenvalue weighted by Crippen LogP contribution is 2.53. The monoisotopic (exact) mass is 398 g/mol. The average Bonchev–Trinajstić information content (AvgIpc) is 2.94. The SMILES string of the molecule is CCCCCCCCC1(CCCBr)c2ccccc2-c2ccccc21. The van der Waals surface area contributed by atoms with Crippen molar-refractivity contribution < 1.29 is 0 Å². The van der Waals surface area contributed by atoms with Crippen LogP contribution in [0.1, 0.15) is 75.8 Å². The number of alkyl halides is 1. The van der Waals surface area contributed by atoms with Gasteiger partial charge < -0.3 is 0 Å². The Morgan fingerprint density at radius 1 is 0.680 bits per heavy atom. The summed E-state index contributed by atoms with van der Waals surface area (Å²) in [6, 6.07) is 18.3. The van der Waals surface area contributed by atoms with Crippen molar-refractivity contribution in [2.24, 2.45) is 0 Å². The van der Waals surface area contributed by atoms with Crippen LogP contribution >= 0.6 is 15.9 Å². The molecule has 2 aromatic carbocycles. The lowest BCUT2D eigenvalue weighted by Crippen LogP contribution is -2.25. The zero-order chi connectivity index (χ0) is 17.5. The maximum absolute atomic E-state index is 3.67. The molecule has 3 rings (SSSR count).